The molecule has 90 valence electrons. The van der Waals surface area contributed by atoms with Crippen LogP contribution in [0.15, 0.2) is 37.0 Å². The van der Waals surface area contributed by atoms with Crippen molar-refractivity contribution in [1.82, 2.24) is 0 Å². The molecule has 0 aromatic heterocycles. The second kappa shape index (κ2) is 11.7. The maximum atomic E-state index is 9.87. The number of aliphatic hydroxyl groups excluding tert-OH is 1. The average molecular weight is 224 g/mol. The summed E-state index contributed by atoms with van der Waals surface area (Å²) in [6.45, 7) is 3.85. The van der Waals surface area contributed by atoms with Gasteiger partial charge in [-0.3, -0.25) is 4.79 Å². The fourth-order valence-electron chi connectivity index (χ4n) is 1.21. The van der Waals surface area contributed by atoms with Crippen molar-refractivity contribution in [1.29, 1.82) is 0 Å². The molecular formula is C13H20O3. The quantitative estimate of drug-likeness (QED) is 0.268. The standard InChI is InChI=1S/C13H20O3/c1-2-3-4-5-6-7-8-9-10-11-13(15)16-12-14/h2-6,12-13,15H,1,7-11H2/b4-3+,6-5-. The van der Waals surface area contributed by atoms with E-state index in [4.69, 9.17) is 5.11 Å². The highest BCUT2D eigenvalue weighted by atomic mass is 16.6. The Morgan fingerprint density at radius 1 is 1.19 bits per heavy atom. The Kier molecular flexibility index (Phi) is 10.7. The van der Waals surface area contributed by atoms with E-state index in [1.54, 1.807) is 6.08 Å². The maximum Gasteiger partial charge on any atom is 0.295 e. The Hall–Kier alpha value is -1.35. The summed E-state index contributed by atoms with van der Waals surface area (Å²) in [7, 11) is 0. The Balaban J connectivity index is 3.26. The first kappa shape index (κ1) is 14.6. The minimum Gasteiger partial charge on any atom is -0.438 e. The van der Waals surface area contributed by atoms with Gasteiger partial charge in [-0.05, 0) is 19.3 Å². The SMILES string of the molecule is C=C/C=C/C=C\CCCCCC(O)OC=O. The molecule has 0 amide bonds. The number of rotatable bonds is 10. The van der Waals surface area contributed by atoms with Gasteiger partial charge in [-0.1, -0.05) is 43.4 Å². The van der Waals surface area contributed by atoms with E-state index >= 15 is 0 Å². The summed E-state index contributed by atoms with van der Waals surface area (Å²) in [6.07, 6.45) is 13.2. The first-order valence-electron chi connectivity index (χ1n) is 5.52. The molecule has 0 aromatic rings. The molecule has 0 rings (SSSR count). The van der Waals surface area contributed by atoms with Gasteiger partial charge in [-0.2, -0.15) is 0 Å². The lowest BCUT2D eigenvalue weighted by molar-refractivity contribution is -0.152. The van der Waals surface area contributed by atoms with Crippen molar-refractivity contribution in [2.45, 2.75) is 38.4 Å². The zero-order valence-corrected chi connectivity index (χ0v) is 9.55. The molecule has 0 saturated heterocycles. The van der Waals surface area contributed by atoms with E-state index in [2.05, 4.69) is 17.4 Å². The molecular weight excluding hydrogens is 204 g/mol. The van der Waals surface area contributed by atoms with Gasteiger partial charge in [-0.15, -0.1) is 0 Å². The molecule has 0 aliphatic rings. The zero-order chi connectivity index (χ0) is 12.1. The molecule has 1 unspecified atom stereocenters. The van der Waals surface area contributed by atoms with Crippen molar-refractivity contribution in [3.8, 4) is 0 Å². The summed E-state index contributed by atoms with van der Waals surface area (Å²) < 4.78 is 4.36. The Labute approximate surface area is 97.1 Å². The number of unbranched alkanes of at least 4 members (excludes halogenated alkanes) is 3. The molecule has 0 radical (unpaired) electrons. The zero-order valence-electron chi connectivity index (χ0n) is 9.55. The highest BCUT2D eigenvalue weighted by Crippen LogP contribution is 2.06. The van der Waals surface area contributed by atoms with Crippen LogP contribution in [0.5, 0.6) is 0 Å². The number of carbonyl (C=O) groups excluding carboxylic acids is 1. The number of ether oxygens (including phenoxy) is 1. The van der Waals surface area contributed by atoms with E-state index in [1.165, 1.54) is 0 Å². The normalized spacial score (nSPS) is 13.1. The van der Waals surface area contributed by atoms with Gasteiger partial charge in [0.2, 0.25) is 0 Å². The third-order valence-corrected chi connectivity index (χ3v) is 2.03. The highest BCUT2D eigenvalue weighted by molar-refractivity contribution is 5.37. The van der Waals surface area contributed by atoms with Crippen LogP contribution in [-0.4, -0.2) is 17.9 Å². The molecule has 0 aliphatic heterocycles. The van der Waals surface area contributed by atoms with Crippen molar-refractivity contribution < 1.29 is 14.6 Å². The predicted molar refractivity (Wildman–Crippen MR) is 64.7 cm³/mol. The van der Waals surface area contributed by atoms with E-state index in [0.717, 1.165) is 25.7 Å². The van der Waals surface area contributed by atoms with Crippen molar-refractivity contribution in [3.05, 3.63) is 37.0 Å². The molecule has 0 heterocycles. The average Bonchev–Trinajstić information content (AvgIpc) is 2.27. The topological polar surface area (TPSA) is 46.5 Å². The second-order valence-electron chi connectivity index (χ2n) is 3.37. The van der Waals surface area contributed by atoms with Crippen molar-refractivity contribution in [2.75, 3.05) is 0 Å². The van der Waals surface area contributed by atoms with E-state index in [-0.39, 0.29) is 6.47 Å². The van der Waals surface area contributed by atoms with Gasteiger partial charge in [0.25, 0.3) is 6.47 Å². The number of carbonyl (C=O) groups is 1. The van der Waals surface area contributed by atoms with Gasteiger partial charge in [0.1, 0.15) is 0 Å². The lowest BCUT2D eigenvalue weighted by Gasteiger charge is -2.06. The fourth-order valence-corrected chi connectivity index (χ4v) is 1.21. The number of hydrogen-bond acceptors (Lipinski definition) is 3. The Morgan fingerprint density at radius 2 is 2.00 bits per heavy atom. The molecule has 0 spiro atoms. The van der Waals surface area contributed by atoms with Crippen LogP contribution in [0.3, 0.4) is 0 Å². The summed E-state index contributed by atoms with van der Waals surface area (Å²) >= 11 is 0. The van der Waals surface area contributed by atoms with Crippen molar-refractivity contribution >= 4 is 6.47 Å². The van der Waals surface area contributed by atoms with Crippen LogP contribution in [0.4, 0.5) is 0 Å². The first-order chi connectivity index (χ1) is 7.81. The maximum absolute atomic E-state index is 9.87. The molecule has 1 atom stereocenters. The summed E-state index contributed by atoms with van der Waals surface area (Å²) in [6, 6.07) is 0. The summed E-state index contributed by atoms with van der Waals surface area (Å²) in [5.41, 5.74) is 0. The molecule has 3 nitrogen and oxygen atoms in total. The van der Waals surface area contributed by atoms with Crippen molar-refractivity contribution in [2.24, 2.45) is 0 Å². The van der Waals surface area contributed by atoms with Crippen LogP contribution < -0.4 is 0 Å². The monoisotopic (exact) mass is 224 g/mol. The van der Waals surface area contributed by atoms with E-state index in [9.17, 15) is 4.79 Å². The highest BCUT2D eigenvalue weighted by Gasteiger charge is 2.01. The van der Waals surface area contributed by atoms with Gasteiger partial charge >= 0.3 is 0 Å². The van der Waals surface area contributed by atoms with E-state index in [1.807, 2.05) is 18.2 Å². The minimum absolute atomic E-state index is 0.277. The number of allylic oxidation sites excluding steroid dienone is 5. The van der Waals surface area contributed by atoms with Crippen LogP contribution in [-0.2, 0) is 9.53 Å². The largest absolute Gasteiger partial charge is 0.438 e. The lowest BCUT2D eigenvalue weighted by atomic mass is 10.1. The smallest absolute Gasteiger partial charge is 0.295 e. The van der Waals surface area contributed by atoms with Gasteiger partial charge in [-0.25, -0.2) is 0 Å². The molecule has 3 heteroatoms. The van der Waals surface area contributed by atoms with E-state index < -0.39 is 6.29 Å². The second-order valence-corrected chi connectivity index (χ2v) is 3.37. The molecule has 0 aromatic carbocycles. The molecule has 0 bridgehead atoms. The Morgan fingerprint density at radius 3 is 2.69 bits per heavy atom. The van der Waals surface area contributed by atoms with Gasteiger partial charge < -0.3 is 9.84 Å². The molecule has 0 saturated carbocycles. The fraction of sp³-hybridized carbons (Fsp3) is 0.462. The van der Waals surface area contributed by atoms with Gasteiger partial charge in [0.15, 0.2) is 6.29 Å². The summed E-state index contributed by atoms with van der Waals surface area (Å²) in [5.74, 6) is 0. The van der Waals surface area contributed by atoms with Crippen LogP contribution in [0.1, 0.15) is 32.1 Å². The first-order valence-corrected chi connectivity index (χ1v) is 5.52. The summed E-state index contributed by atoms with van der Waals surface area (Å²) in [4.78, 5) is 9.87. The predicted octanol–water partition coefficient (Wildman–Crippen LogP) is 2.73. The van der Waals surface area contributed by atoms with Gasteiger partial charge in [0, 0.05) is 6.42 Å². The molecule has 1 N–H and O–H groups in total. The molecule has 16 heavy (non-hydrogen) atoms. The molecule has 0 aliphatic carbocycles. The van der Waals surface area contributed by atoms with Crippen LogP contribution in [0.25, 0.3) is 0 Å². The molecule has 0 fully saturated rings. The minimum atomic E-state index is -0.941. The summed E-state index contributed by atoms with van der Waals surface area (Å²) in [5, 5.41) is 9.06. The van der Waals surface area contributed by atoms with Crippen molar-refractivity contribution in [3.63, 3.8) is 0 Å². The van der Waals surface area contributed by atoms with Crippen LogP contribution in [0, 0.1) is 0 Å². The number of aliphatic hydroxyl groups is 1. The third kappa shape index (κ3) is 10.7. The Bertz CT molecular complexity index is 231. The van der Waals surface area contributed by atoms with Crippen LogP contribution >= 0.6 is 0 Å². The number of hydrogen-bond donors (Lipinski definition) is 1. The lowest BCUT2D eigenvalue weighted by Crippen LogP contribution is -2.09. The third-order valence-electron chi connectivity index (χ3n) is 2.03. The van der Waals surface area contributed by atoms with Crippen LogP contribution in [0.2, 0.25) is 0 Å². The van der Waals surface area contributed by atoms with E-state index in [0.29, 0.717) is 6.42 Å². The van der Waals surface area contributed by atoms with Gasteiger partial charge in [0.05, 0.1) is 0 Å².